The first-order valence-electron chi connectivity index (χ1n) is 4.08. The van der Waals surface area contributed by atoms with Crippen LogP contribution >= 0.6 is 0 Å². The van der Waals surface area contributed by atoms with Crippen molar-refractivity contribution < 1.29 is 20.4 Å². The van der Waals surface area contributed by atoms with E-state index >= 15 is 0 Å². The van der Waals surface area contributed by atoms with Gasteiger partial charge in [0.1, 0.15) is 0 Å². The average molecular weight is 177 g/mol. The van der Waals surface area contributed by atoms with Gasteiger partial charge in [-0.2, -0.15) is 0 Å². The third-order valence-electron chi connectivity index (χ3n) is 1.74. The first kappa shape index (κ1) is 11.8. The van der Waals surface area contributed by atoms with Crippen LogP contribution in [0.1, 0.15) is 19.3 Å². The maximum Gasteiger partial charge on any atom is 0.0724 e. The Morgan fingerprint density at radius 2 is 1.42 bits per heavy atom. The van der Waals surface area contributed by atoms with E-state index in [1.165, 1.54) is 6.42 Å². The predicted molar refractivity (Wildman–Crippen MR) is 44.4 cm³/mol. The SMILES string of the molecule is OCC[CH]C(O)(CCO)CCO. The second kappa shape index (κ2) is 6.37. The van der Waals surface area contributed by atoms with Crippen molar-refractivity contribution in [1.29, 1.82) is 0 Å². The number of rotatable bonds is 7. The Balaban J connectivity index is 3.80. The smallest absolute Gasteiger partial charge is 0.0724 e. The minimum absolute atomic E-state index is 0.0286. The molecule has 4 nitrogen and oxygen atoms in total. The van der Waals surface area contributed by atoms with Crippen molar-refractivity contribution in [3.05, 3.63) is 6.42 Å². The van der Waals surface area contributed by atoms with Gasteiger partial charge < -0.3 is 20.4 Å². The molecule has 0 saturated carbocycles. The number of aliphatic hydroxyl groups is 4. The van der Waals surface area contributed by atoms with Crippen LogP contribution in [0, 0.1) is 6.42 Å². The van der Waals surface area contributed by atoms with E-state index in [9.17, 15) is 5.11 Å². The molecule has 0 aromatic rings. The second-order valence-electron chi connectivity index (χ2n) is 2.77. The van der Waals surface area contributed by atoms with E-state index in [0.29, 0.717) is 6.42 Å². The van der Waals surface area contributed by atoms with Gasteiger partial charge in [0.15, 0.2) is 0 Å². The van der Waals surface area contributed by atoms with E-state index in [0.717, 1.165) is 0 Å². The van der Waals surface area contributed by atoms with Gasteiger partial charge >= 0.3 is 0 Å². The summed E-state index contributed by atoms with van der Waals surface area (Å²) < 4.78 is 0. The average Bonchev–Trinajstić information content (AvgIpc) is 2.02. The van der Waals surface area contributed by atoms with Crippen LogP contribution in [0.2, 0.25) is 0 Å². The van der Waals surface area contributed by atoms with Crippen LogP contribution < -0.4 is 0 Å². The Bertz CT molecular complexity index is 99.2. The molecule has 0 spiro atoms. The highest BCUT2D eigenvalue weighted by molar-refractivity contribution is 4.92. The molecule has 0 aliphatic rings. The molecule has 0 bridgehead atoms. The van der Waals surface area contributed by atoms with Crippen molar-refractivity contribution in [1.82, 2.24) is 0 Å². The summed E-state index contributed by atoms with van der Waals surface area (Å²) in [7, 11) is 0. The van der Waals surface area contributed by atoms with E-state index in [2.05, 4.69) is 0 Å². The molecule has 0 atom stereocenters. The van der Waals surface area contributed by atoms with E-state index in [4.69, 9.17) is 15.3 Å². The van der Waals surface area contributed by atoms with Crippen molar-refractivity contribution in [2.75, 3.05) is 19.8 Å². The molecule has 0 amide bonds. The summed E-state index contributed by atoms with van der Waals surface area (Å²) in [5.74, 6) is 0. The lowest BCUT2D eigenvalue weighted by molar-refractivity contribution is 0.0186. The van der Waals surface area contributed by atoms with Crippen LogP contribution in [0.3, 0.4) is 0 Å². The van der Waals surface area contributed by atoms with Gasteiger partial charge in [-0.05, 0) is 25.7 Å². The third-order valence-corrected chi connectivity index (χ3v) is 1.74. The standard InChI is InChI=1S/C8H17O4/c9-5-1-2-8(12,3-6-10)4-7-11/h2,9-12H,1,3-7H2. The van der Waals surface area contributed by atoms with Gasteiger partial charge in [0.2, 0.25) is 0 Å². The molecule has 4 N–H and O–H groups in total. The molecule has 4 heteroatoms. The van der Waals surface area contributed by atoms with Crippen LogP contribution in [0.5, 0.6) is 0 Å². The summed E-state index contributed by atoms with van der Waals surface area (Å²) in [6.45, 7) is -0.282. The Labute approximate surface area is 72.5 Å². The van der Waals surface area contributed by atoms with Crippen molar-refractivity contribution in [2.24, 2.45) is 0 Å². The molecule has 12 heavy (non-hydrogen) atoms. The van der Waals surface area contributed by atoms with Gasteiger partial charge in [-0.3, -0.25) is 0 Å². The van der Waals surface area contributed by atoms with Gasteiger partial charge in [0, 0.05) is 19.8 Å². The molecule has 0 aliphatic carbocycles. The molecular weight excluding hydrogens is 160 g/mol. The summed E-state index contributed by atoms with van der Waals surface area (Å²) in [4.78, 5) is 0. The zero-order valence-corrected chi connectivity index (χ0v) is 7.11. The lowest BCUT2D eigenvalue weighted by atomic mass is 9.91. The van der Waals surface area contributed by atoms with E-state index in [1.54, 1.807) is 0 Å². The molecule has 1 radical (unpaired) electrons. The maximum atomic E-state index is 9.66. The zero-order chi connectivity index (χ0) is 9.45. The van der Waals surface area contributed by atoms with Gasteiger partial charge in [0.25, 0.3) is 0 Å². The van der Waals surface area contributed by atoms with Crippen LogP contribution in [0.4, 0.5) is 0 Å². The monoisotopic (exact) mass is 177 g/mol. The Kier molecular flexibility index (Phi) is 6.28. The molecule has 0 heterocycles. The lowest BCUT2D eigenvalue weighted by Crippen LogP contribution is -2.32. The Hall–Kier alpha value is -0.160. The summed E-state index contributed by atoms with van der Waals surface area (Å²) in [6.07, 6.45) is 2.30. The fraction of sp³-hybridized carbons (Fsp3) is 0.875. The summed E-state index contributed by atoms with van der Waals surface area (Å²) in [6, 6.07) is 0. The summed E-state index contributed by atoms with van der Waals surface area (Å²) in [5.41, 5.74) is -1.13. The predicted octanol–water partition coefficient (Wildman–Crippen LogP) is -0.931. The maximum absolute atomic E-state index is 9.66. The lowest BCUT2D eigenvalue weighted by Gasteiger charge is -2.25. The number of aliphatic hydroxyl groups excluding tert-OH is 3. The minimum atomic E-state index is -1.13. The fourth-order valence-corrected chi connectivity index (χ4v) is 1.05. The van der Waals surface area contributed by atoms with Crippen molar-refractivity contribution >= 4 is 0 Å². The molecule has 73 valence electrons. The minimum Gasteiger partial charge on any atom is -0.396 e. The Morgan fingerprint density at radius 3 is 1.75 bits per heavy atom. The second-order valence-corrected chi connectivity index (χ2v) is 2.77. The molecule has 0 fully saturated rings. The van der Waals surface area contributed by atoms with Crippen LogP contribution in [-0.4, -0.2) is 45.8 Å². The first-order chi connectivity index (χ1) is 5.68. The molecular formula is C8H17O4. The summed E-state index contributed by atoms with van der Waals surface area (Å²) >= 11 is 0. The van der Waals surface area contributed by atoms with Crippen molar-refractivity contribution in [3.63, 3.8) is 0 Å². The first-order valence-corrected chi connectivity index (χ1v) is 4.08. The highest BCUT2D eigenvalue weighted by atomic mass is 16.3. The molecule has 0 saturated heterocycles. The van der Waals surface area contributed by atoms with E-state index in [1.807, 2.05) is 0 Å². The molecule has 0 aromatic carbocycles. The molecule has 0 aliphatic heterocycles. The molecule has 0 aromatic heterocycles. The highest BCUT2D eigenvalue weighted by Gasteiger charge is 2.24. The van der Waals surface area contributed by atoms with Gasteiger partial charge in [0.05, 0.1) is 5.60 Å². The highest BCUT2D eigenvalue weighted by Crippen LogP contribution is 2.19. The van der Waals surface area contributed by atoms with Gasteiger partial charge in [-0.1, -0.05) is 0 Å². The van der Waals surface area contributed by atoms with Crippen molar-refractivity contribution in [3.8, 4) is 0 Å². The third kappa shape index (κ3) is 4.66. The number of hydrogen-bond donors (Lipinski definition) is 4. The van der Waals surface area contributed by atoms with Gasteiger partial charge in [-0.15, -0.1) is 0 Å². The molecule has 0 rings (SSSR count). The van der Waals surface area contributed by atoms with Crippen LogP contribution in [0.25, 0.3) is 0 Å². The molecule has 0 unspecified atom stereocenters. The Morgan fingerprint density at radius 1 is 0.917 bits per heavy atom. The van der Waals surface area contributed by atoms with Crippen LogP contribution in [-0.2, 0) is 0 Å². The van der Waals surface area contributed by atoms with E-state index in [-0.39, 0.29) is 32.7 Å². The van der Waals surface area contributed by atoms with Gasteiger partial charge in [-0.25, -0.2) is 0 Å². The number of hydrogen-bond acceptors (Lipinski definition) is 4. The zero-order valence-electron chi connectivity index (χ0n) is 7.11. The van der Waals surface area contributed by atoms with Crippen molar-refractivity contribution in [2.45, 2.75) is 24.9 Å². The van der Waals surface area contributed by atoms with E-state index < -0.39 is 5.60 Å². The summed E-state index contributed by atoms with van der Waals surface area (Å²) in [5, 5.41) is 35.4. The van der Waals surface area contributed by atoms with Crippen LogP contribution in [0.15, 0.2) is 0 Å². The quantitative estimate of drug-likeness (QED) is 0.405. The fourth-order valence-electron chi connectivity index (χ4n) is 1.05. The largest absolute Gasteiger partial charge is 0.396 e. The normalized spacial score (nSPS) is 12.0. The topological polar surface area (TPSA) is 80.9 Å².